The molecule has 0 saturated carbocycles. The number of hydrogen-bond acceptors (Lipinski definition) is 4. The second-order valence-corrected chi connectivity index (χ2v) is 4.43. The molecule has 2 rings (SSSR count). The van der Waals surface area contributed by atoms with Gasteiger partial charge >= 0.3 is 0 Å². The molecule has 0 aliphatic rings. The van der Waals surface area contributed by atoms with E-state index in [1.807, 2.05) is 24.3 Å². The lowest BCUT2D eigenvalue weighted by molar-refractivity contribution is 0.802. The third-order valence-corrected chi connectivity index (χ3v) is 3.05. The van der Waals surface area contributed by atoms with Crippen molar-refractivity contribution in [3.8, 4) is 6.07 Å². The molecule has 4 heteroatoms. The van der Waals surface area contributed by atoms with E-state index in [1.165, 1.54) is 5.56 Å². The van der Waals surface area contributed by atoms with Crippen LogP contribution in [0.25, 0.3) is 0 Å². The average molecular weight is 252 g/mol. The second-order valence-electron chi connectivity index (χ2n) is 4.43. The number of hydrogen-bond donors (Lipinski definition) is 2. The van der Waals surface area contributed by atoms with Gasteiger partial charge in [-0.2, -0.15) is 5.26 Å². The number of nitrogens with one attached hydrogen (secondary N) is 1. The Balaban J connectivity index is 2.06. The first-order chi connectivity index (χ1) is 9.22. The number of aromatic nitrogens is 1. The maximum absolute atomic E-state index is 8.91. The average Bonchev–Trinajstić information content (AvgIpc) is 2.47. The molecule has 0 amide bonds. The molecule has 0 radical (unpaired) electrons. The van der Waals surface area contributed by atoms with Crippen molar-refractivity contribution in [2.45, 2.75) is 12.8 Å². The molecule has 1 aromatic carbocycles. The van der Waals surface area contributed by atoms with E-state index in [-0.39, 0.29) is 0 Å². The van der Waals surface area contributed by atoms with Crippen molar-refractivity contribution >= 4 is 11.5 Å². The highest BCUT2D eigenvalue weighted by Gasteiger charge is 2.08. The van der Waals surface area contributed by atoms with E-state index in [1.54, 1.807) is 12.3 Å². The summed E-state index contributed by atoms with van der Waals surface area (Å²) in [6, 6.07) is 13.9. The molecule has 96 valence electrons. The van der Waals surface area contributed by atoms with Gasteiger partial charge in [-0.05, 0) is 17.5 Å². The number of nitrogens with zero attached hydrogens (tertiary/aromatic N) is 2. The van der Waals surface area contributed by atoms with E-state index in [0.29, 0.717) is 23.0 Å². The van der Waals surface area contributed by atoms with Crippen LogP contribution in [-0.4, -0.2) is 11.5 Å². The fourth-order valence-corrected chi connectivity index (χ4v) is 1.86. The highest BCUT2D eigenvalue weighted by molar-refractivity contribution is 5.68. The third-order valence-electron chi connectivity index (χ3n) is 3.05. The number of pyridine rings is 1. The summed E-state index contributed by atoms with van der Waals surface area (Å²) < 4.78 is 0. The van der Waals surface area contributed by atoms with Gasteiger partial charge in [0.2, 0.25) is 0 Å². The van der Waals surface area contributed by atoms with E-state index in [4.69, 9.17) is 11.0 Å². The summed E-state index contributed by atoms with van der Waals surface area (Å²) in [6.07, 6.45) is 1.59. The molecule has 0 saturated heterocycles. The summed E-state index contributed by atoms with van der Waals surface area (Å²) in [4.78, 5) is 4.17. The van der Waals surface area contributed by atoms with Crippen molar-refractivity contribution in [3.63, 3.8) is 0 Å². The van der Waals surface area contributed by atoms with Gasteiger partial charge in [-0.3, -0.25) is 0 Å². The van der Waals surface area contributed by atoms with Crippen molar-refractivity contribution < 1.29 is 0 Å². The Hall–Kier alpha value is -2.54. The Morgan fingerprint density at radius 2 is 2.05 bits per heavy atom. The van der Waals surface area contributed by atoms with Gasteiger partial charge in [0.25, 0.3) is 0 Å². The van der Waals surface area contributed by atoms with Crippen molar-refractivity contribution in [2.75, 3.05) is 17.6 Å². The van der Waals surface area contributed by atoms with Crippen LogP contribution >= 0.6 is 0 Å². The molecule has 4 nitrogen and oxygen atoms in total. The normalized spacial score (nSPS) is 11.6. The zero-order valence-electron chi connectivity index (χ0n) is 10.8. The lowest BCUT2D eigenvalue weighted by Crippen LogP contribution is -2.12. The minimum atomic E-state index is 0.341. The number of nitrogen functional groups attached to an aromatic ring is 1. The van der Waals surface area contributed by atoms with Crippen LogP contribution in [0.15, 0.2) is 42.6 Å². The molecule has 0 fully saturated rings. The predicted molar refractivity (Wildman–Crippen MR) is 76.7 cm³/mol. The van der Waals surface area contributed by atoms with Crippen LogP contribution in [-0.2, 0) is 0 Å². The molecular formula is C15H16N4. The van der Waals surface area contributed by atoms with Crippen molar-refractivity contribution in [1.29, 1.82) is 5.26 Å². The number of nitriles is 1. The first-order valence-corrected chi connectivity index (χ1v) is 6.15. The molecule has 0 aliphatic heterocycles. The fraction of sp³-hybridized carbons (Fsp3) is 0.200. The van der Waals surface area contributed by atoms with Crippen LogP contribution in [0, 0.1) is 11.3 Å². The number of nitrogens with two attached hydrogens (primary N) is 1. The Labute approximate surface area is 112 Å². The summed E-state index contributed by atoms with van der Waals surface area (Å²) in [7, 11) is 0. The lowest BCUT2D eigenvalue weighted by Gasteiger charge is -2.14. The fourth-order valence-electron chi connectivity index (χ4n) is 1.86. The van der Waals surface area contributed by atoms with E-state index in [2.05, 4.69) is 29.4 Å². The smallest absolute Gasteiger partial charge is 0.150 e. The zero-order chi connectivity index (χ0) is 13.7. The monoisotopic (exact) mass is 252 g/mol. The van der Waals surface area contributed by atoms with Crippen LogP contribution in [0.5, 0.6) is 0 Å². The van der Waals surface area contributed by atoms with E-state index >= 15 is 0 Å². The summed E-state index contributed by atoms with van der Waals surface area (Å²) >= 11 is 0. The molecule has 0 spiro atoms. The molecule has 1 atom stereocenters. The largest absolute Gasteiger partial charge is 0.395 e. The maximum Gasteiger partial charge on any atom is 0.150 e. The first kappa shape index (κ1) is 12.9. The van der Waals surface area contributed by atoms with Gasteiger partial charge in [0.05, 0.1) is 11.3 Å². The number of benzene rings is 1. The van der Waals surface area contributed by atoms with Gasteiger partial charge in [-0.25, -0.2) is 4.98 Å². The molecule has 1 unspecified atom stereocenters. The van der Waals surface area contributed by atoms with Gasteiger partial charge < -0.3 is 11.1 Å². The Morgan fingerprint density at radius 3 is 2.74 bits per heavy atom. The van der Waals surface area contributed by atoms with E-state index < -0.39 is 0 Å². The van der Waals surface area contributed by atoms with Gasteiger partial charge in [0, 0.05) is 12.7 Å². The molecule has 0 bridgehead atoms. The van der Waals surface area contributed by atoms with Crippen LogP contribution in [0.3, 0.4) is 0 Å². The van der Waals surface area contributed by atoms with Gasteiger partial charge in [-0.15, -0.1) is 0 Å². The van der Waals surface area contributed by atoms with Crippen LogP contribution in [0.4, 0.5) is 11.5 Å². The molecule has 0 aliphatic carbocycles. The van der Waals surface area contributed by atoms with Crippen molar-refractivity contribution in [2.24, 2.45) is 0 Å². The topological polar surface area (TPSA) is 74.7 Å². The minimum Gasteiger partial charge on any atom is -0.395 e. The lowest BCUT2D eigenvalue weighted by atomic mass is 10.0. The zero-order valence-corrected chi connectivity index (χ0v) is 10.8. The van der Waals surface area contributed by atoms with Crippen molar-refractivity contribution in [1.82, 2.24) is 4.98 Å². The molecule has 19 heavy (non-hydrogen) atoms. The van der Waals surface area contributed by atoms with E-state index in [0.717, 1.165) is 6.54 Å². The quantitative estimate of drug-likeness (QED) is 0.877. The van der Waals surface area contributed by atoms with Crippen LogP contribution < -0.4 is 11.1 Å². The number of rotatable bonds is 4. The first-order valence-electron chi connectivity index (χ1n) is 6.15. The SMILES string of the molecule is CC(CNc1nccc(C#N)c1N)c1ccccc1. The van der Waals surface area contributed by atoms with Gasteiger partial charge in [0.15, 0.2) is 5.82 Å². The molecule has 1 heterocycles. The molecule has 1 aromatic heterocycles. The Bertz CT molecular complexity index is 587. The van der Waals surface area contributed by atoms with Gasteiger partial charge in [0.1, 0.15) is 6.07 Å². The Kier molecular flexibility index (Phi) is 3.99. The summed E-state index contributed by atoms with van der Waals surface area (Å²) in [5.41, 5.74) is 7.98. The molecular weight excluding hydrogens is 236 g/mol. The summed E-state index contributed by atoms with van der Waals surface area (Å²) in [5.74, 6) is 0.912. The minimum absolute atomic E-state index is 0.341. The standard InChI is InChI=1S/C15H16N4/c1-11(12-5-3-2-4-6-12)10-19-15-14(17)13(9-16)7-8-18-15/h2-8,11H,10,17H2,1H3,(H,18,19). The highest BCUT2D eigenvalue weighted by atomic mass is 15.0. The molecule has 3 N–H and O–H groups in total. The number of anilines is 2. The van der Waals surface area contributed by atoms with Crippen molar-refractivity contribution in [3.05, 3.63) is 53.7 Å². The predicted octanol–water partition coefficient (Wildman–Crippen LogP) is 2.75. The summed E-state index contributed by atoms with van der Waals surface area (Å²) in [5, 5.41) is 12.1. The van der Waals surface area contributed by atoms with Crippen LogP contribution in [0.1, 0.15) is 24.0 Å². The highest BCUT2D eigenvalue weighted by Crippen LogP contribution is 2.21. The Morgan fingerprint density at radius 1 is 1.32 bits per heavy atom. The van der Waals surface area contributed by atoms with Gasteiger partial charge in [-0.1, -0.05) is 37.3 Å². The maximum atomic E-state index is 8.91. The second kappa shape index (κ2) is 5.87. The molecule has 2 aromatic rings. The van der Waals surface area contributed by atoms with E-state index in [9.17, 15) is 0 Å². The van der Waals surface area contributed by atoms with Crippen LogP contribution in [0.2, 0.25) is 0 Å². The third kappa shape index (κ3) is 3.02. The summed E-state index contributed by atoms with van der Waals surface area (Å²) in [6.45, 7) is 2.85.